The van der Waals surface area contributed by atoms with Gasteiger partial charge in [-0.2, -0.15) is 0 Å². The normalized spacial score (nSPS) is 34.4. The van der Waals surface area contributed by atoms with E-state index >= 15 is 0 Å². The van der Waals surface area contributed by atoms with E-state index in [1.807, 2.05) is 0 Å². The molecule has 12 heteroatoms. The number of aromatic nitrogens is 2. The molecule has 4 aliphatic rings. The minimum Gasteiger partial charge on any atom is -0.481 e. The van der Waals surface area contributed by atoms with Crippen molar-refractivity contribution < 1.29 is 34.1 Å². The van der Waals surface area contributed by atoms with Crippen molar-refractivity contribution in [2.75, 3.05) is 0 Å². The summed E-state index contributed by atoms with van der Waals surface area (Å²) >= 11 is 0. The van der Waals surface area contributed by atoms with E-state index in [0.717, 1.165) is 32.1 Å². The molecule has 0 bridgehead atoms. The highest BCUT2D eigenvalue weighted by Gasteiger charge is 2.60. The number of nitrogens with one attached hydrogen (secondary N) is 1. The molecule has 47 heavy (non-hydrogen) atoms. The molecule has 4 aliphatic carbocycles. The van der Waals surface area contributed by atoms with E-state index < -0.39 is 22.8 Å². The first-order valence-electron chi connectivity index (χ1n) is 17.4. The summed E-state index contributed by atoms with van der Waals surface area (Å²) in [5.74, 6) is 0.562. The number of carbonyl (C=O) groups excluding carboxylic acids is 1. The Kier molecular flexibility index (Phi) is 9.08. The number of amides is 1. The summed E-state index contributed by atoms with van der Waals surface area (Å²) in [7, 11) is 0. The van der Waals surface area contributed by atoms with Gasteiger partial charge < -0.3 is 15.5 Å². The molecule has 0 radical (unpaired) electrons. The smallest absolute Gasteiger partial charge is 0.304 e. The number of benzene rings is 1. The van der Waals surface area contributed by atoms with Crippen molar-refractivity contribution in [3.05, 3.63) is 27.8 Å². The molecule has 2 aromatic rings. The monoisotopic (exact) mass is 652 g/mol. The number of nitro benzene ring substituents is 1. The number of nitro groups is 1. The standard InChI is InChI=1S/C35H48N4O8/c1-19(4-11-29(40)41)25-8-9-26-24-7-6-22-18-23(12-14-34(22,2)27(24)13-15-35(25,26)3)36-33(44)21(17-30(42)43)16-20-5-10-28(39(45)46)32-31(20)37-47-38-32/h5,10,19,21-27H,4,6-9,11-18H2,1-3H3,(H,36,44)(H,40,41)(H,42,43)/t19-,21+,22-,23-,24?,25?,26?,27?,34+,35-/m1/s1. The van der Waals surface area contributed by atoms with Crippen LogP contribution < -0.4 is 5.32 Å². The summed E-state index contributed by atoms with van der Waals surface area (Å²) in [4.78, 5) is 47.5. The van der Waals surface area contributed by atoms with E-state index in [1.165, 1.54) is 44.2 Å². The topological polar surface area (TPSA) is 186 Å². The number of hydrogen-bond donors (Lipinski definition) is 3. The minimum atomic E-state index is -1.09. The first kappa shape index (κ1) is 33.3. The number of carboxylic acids is 2. The first-order valence-corrected chi connectivity index (χ1v) is 17.4. The van der Waals surface area contributed by atoms with Gasteiger partial charge in [-0.05, 0) is 139 Å². The third-order valence-electron chi connectivity index (χ3n) is 13.5. The average Bonchev–Trinajstić information content (AvgIpc) is 3.64. The fraction of sp³-hybridized carbons (Fsp3) is 0.743. The molecular weight excluding hydrogens is 604 g/mol. The predicted octanol–water partition coefficient (Wildman–Crippen LogP) is 6.41. The summed E-state index contributed by atoms with van der Waals surface area (Å²) in [5.41, 5.74) is 0.863. The fourth-order valence-corrected chi connectivity index (χ4v) is 11.2. The maximum absolute atomic E-state index is 13.6. The van der Waals surface area contributed by atoms with E-state index in [1.54, 1.807) is 0 Å². The lowest BCUT2D eigenvalue weighted by atomic mass is 9.44. The Balaban J connectivity index is 1.11. The molecule has 1 amide bonds. The number of nitrogens with zero attached hydrogens (tertiary/aromatic N) is 3. The summed E-state index contributed by atoms with van der Waals surface area (Å²) in [5, 5.41) is 41.0. The molecule has 0 saturated heterocycles. The van der Waals surface area contributed by atoms with Crippen LogP contribution in [-0.4, -0.2) is 49.3 Å². The second-order valence-corrected chi connectivity index (χ2v) is 15.7. The van der Waals surface area contributed by atoms with Crippen LogP contribution in [0.5, 0.6) is 0 Å². The molecule has 1 heterocycles. The third-order valence-corrected chi connectivity index (χ3v) is 13.5. The lowest BCUT2D eigenvalue weighted by Crippen LogP contribution is -2.56. The maximum Gasteiger partial charge on any atom is 0.304 e. The fourth-order valence-electron chi connectivity index (χ4n) is 11.2. The van der Waals surface area contributed by atoms with Crippen LogP contribution in [0.15, 0.2) is 16.8 Å². The molecule has 0 aliphatic heterocycles. The largest absolute Gasteiger partial charge is 0.481 e. The quantitative estimate of drug-likeness (QED) is 0.181. The molecule has 6 rings (SSSR count). The first-order chi connectivity index (χ1) is 22.3. The summed E-state index contributed by atoms with van der Waals surface area (Å²) < 4.78 is 4.76. The Hall–Kier alpha value is -3.57. The molecule has 4 unspecified atom stereocenters. The second-order valence-electron chi connectivity index (χ2n) is 15.7. The SMILES string of the molecule is C[C@H](CCC(=O)O)C1CCC2C3CC[C@@H]4C[C@H](NC(=O)[C@H](CC(=O)O)Cc5ccc([N+](=O)[O-])c6nonc56)CC[C@]4(C)C3CC[C@@]21C. The van der Waals surface area contributed by atoms with Crippen molar-refractivity contribution in [1.29, 1.82) is 0 Å². The third kappa shape index (κ3) is 6.12. The van der Waals surface area contributed by atoms with E-state index in [2.05, 4.69) is 36.4 Å². The van der Waals surface area contributed by atoms with Gasteiger partial charge in [-0.25, -0.2) is 4.63 Å². The van der Waals surface area contributed by atoms with Crippen LogP contribution in [0.2, 0.25) is 0 Å². The predicted molar refractivity (Wildman–Crippen MR) is 171 cm³/mol. The molecule has 4 fully saturated rings. The van der Waals surface area contributed by atoms with Crippen LogP contribution in [0.1, 0.15) is 103 Å². The van der Waals surface area contributed by atoms with Gasteiger partial charge in [0.2, 0.25) is 11.4 Å². The molecule has 1 aromatic heterocycles. The molecule has 256 valence electrons. The van der Waals surface area contributed by atoms with Crippen LogP contribution in [0.4, 0.5) is 5.69 Å². The Bertz CT molecular complexity index is 1540. The Morgan fingerprint density at radius 1 is 1.00 bits per heavy atom. The highest BCUT2D eigenvalue weighted by Crippen LogP contribution is 2.68. The van der Waals surface area contributed by atoms with E-state index in [4.69, 9.17) is 4.63 Å². The van der Waals surface area contributed by atoms with Gasteiger partial charge in [0.05, 0.1) is 17.3 Å². The number of rotatable bonds is 11. The Morgan fingerprint density at radius 2 is 1.72 bits per heavy atom. The van der Waals surface area contributed by atoms with Crippen molar-refractivity contribution in [2.24, 2.45) is 52.3 Å². The zero-order valence-electron chi connectivity index (χ0n) is 27.7. The van der Waals surface area contributed by atoms with Gasteiger partial charge in [0, 0.05) is 18.5 Å². The summed E-state index contributed by atoms with van der Waals surface area (Å²) in [6.07, 6.45) is 10.7. The molecule has 12 nitrogen and oxygen atoms in total. The van der Waals surface area contributed by atoms with Gasteiger partial charge in [0.25, 0.3) is 0 Å². The highest BCUT2D eigenvalue weighted by molar-refractivity contribution is 5.88. The highest BCUT2D eigenvalue weighted by atomic mass is 16.6. The van der Waals surface area contributed by atoms with Gasteiger partial charge in [-0.1, -0.05) is 20.8 Å². The molecule has 10 atom stereocenters. The zero-order chi connectivity index (χ0) is 33.7. The molecule has 3 N–H and O–H groups in total. The van der Waals surface area contributed by atoms with Crippen molar-refractivity contribution in [1.82, 2.24) is 15.6 Å². The number of fused-ring (bicyclic) bond motifs is 6. The van der Waals surface area contributed by atoms with Crippen LogP contribution in [-0.2, 0) is 20.8 Å². The van der Waals surface area contributed by atoms with Crippen LogP contribution in [0, 0.1) is 62.4 Å². The lowest BCUT2D eigenvalue weighted by Gasteiger charge is -2.61. The van der Waals surface area contributed by atoms with E-state index in [-0.39, 0.29) is 58.8 Å². The van der Waals surface area contributed by atoms with E-state index in [0.29, 0.717) is 41.1 Å². The summed E-state index contributed by atoms with van der Waals surface area (Å²) in [6, 6.07) is 2.75. The van der Waals surface area contributed by atoms with Gasteiger partial charge in [0.1, 0.15) is 5.52 Å². The van der Waals surface area contributed by atoms with Gasteiger partial charge in [0.15, 0.2) is 0 Å². The van der Waals surface area contributed by atoms with Gasteiger partial charge >= 0.3 is 17.6 Å². The van der Waals surface area contributed by atoms with Crippen LogP contribution in [0.3, 0.4) is 0 Å². The second kappa shape index (κ2) is 12.8. The number of aliphatic carboxylic acids is 2. The van der Waals surface area contributed by atoms with Crippen molar-refractivity contribution in [3.63, 3.8) is 0 Å². The number of non-ortho nitro benzene ring substituents is 1. The van der Waals surface area contributed by atoms with Crippen LogP contribution in [0.25, 0.3) is 11.0 Å². The molecular formula is C35H48N4O8. The van der Waals surface area contributed by atoms with E-state index in [9.17, 15) is 34.7 Å². The Labute approximate surface area is 274 Å². The molecule has 1 aromatic carbocycles. The number of carbonyl (C=O) groups is 3. The lowest BCUT2D eigenvalue weighted by molar-refractivity contribution is -0.383. The van der Waals surface area contributed by atoms with Gasteiger partial charge in [-0.15, -0.1) is 0 Å². The molecule has 0 spiro atoms. The summed E-state index contributed by atoms with van der Waals surface area (Å²) in [6.45, 7) is 7.24. The average molecular weight is 653 g/mol. The molecule has 4 saturated carbocycles. The zero-order valence-corrected chi connectivity index (χ0v) is 27.7. The van der Waals surface area contributed by atoms with Gasteiger partial charge in [-0.3, -0.25) is 24.5 Å². The van der Waals surface area contributed by atoms with Crippen molar-refractivity contribution in [2.45, 2.75) is 110 Å². The number of hydrogen-bond acceptors (Lipinski definition) is 8. The van der Waals surface area contributed by atoms with Crippen molar-refractivity contribution in [3.8, 4) is 0 Å². The minimum absolute atomic E-state index is 0.0204. The van der Waals surface area contributed by atoms with Crippen molar-refractivity contribution >= 4 is 34.6 Å². The Morgan fingerprint density at radius 3 is 2.45 bits per heavy atom. The van der Waals surface area contributed by atoms with Crippen LogP contribution >= 0.6 is 0 Å². The number of carboxylic acid groups (broad SMARTS) is 2. The maximum atomic E-state index is 13.6.